The van der Waals surface area contributed by atoms with Gasteiger partial charge in [0.2, 0.25) is 5.56 Å². The van der Waals surface area contributed by atoms with Crippen molar-refractivity contribution in [2.45, 2.75) is 6.04 Å². The van der Waals surface area contributed by atoms with Crippen LogP contribution in [0.25, 0.3) is 0 Å². The smallest absolute Gasteiger partial charge is 0.253 e. The maximum atomic E-state index is 12.6. The van der Waals surface area contributed by atoms with Crippen LogP contribution in [0.5, 0.6) is 5.75 Å². The Hall–Kier alpha value is -3.34. The highest BCUT2D eigenvalue weighted by Crippen LogP contribution is 2.24. The Bertz CT molecular complexity index is 882. The van der Waals surface area contributed by atoms with Gasteiger partial charge in [0.15, 0.2) is 0 Å². The summed E-state index contributed by atoms with van der Waals surface area (Å²) < 4.78 is 5.20. The molecule has 3 aromatic rings. The minimum Gasteiger partial charge on any atom is -0.497 e. The zero-order valence-corrected chi connectivity index (χ0v) is 13.7. The number of H-pyrrole nitrogens is 1. The summed E-state index contributed by atoms with van der Waals surface area (Å²) in [5, 5.41) is 3.02. The van der Waals surface area contributed by atoms with Gasteiger partial charge in [0.1, 0.15) is 5.75 Å². The monoisotopic (exact) mass is 334 g/mol. The molecule has 1 atom stereocenters. The molecule has 1 heterocycles. The average molecular weight is 334 g/mol. The Morgan fingerprint density at radius 1 is 0.960 bits per heavy atom. The number of carbonyl (C=O) groups excluding carboxylic acids is 1. The molecule has 0 aliphatic heterocycles. The van der Waals surface area contributed by atoms with E-state index < -0.39 is 0 Å². The normalized spacial score (nSPS) is 11.6. The number of ether oxygens (including phenoxy) is 1. The third-order valence-electron chi connectivity index (χ3n) is 3.90. The Labute approximate surface area is 145 Å². The second-order valence-electron chi connectivity index (χ2n) is 5.53. The van der Waals surface area contributed by atoms with Crippen LogP contribution in [-0.2, 0) is 0 Å². The molecule has 1 amide bonds. The van der Waals surface area contributed by atoms with Crippen molar-refractivity contribution in [2.75, 3.05) is 7.11 Å². The fourth-order valence-electron chi connectivity index (χ4n) is 2.57. The van der Waals surface area contributed by atoms with Crippen molar-refractivity contribution in [1.29, 1.82) is 0 Å². The van der Waals surface area contributed by atoms with Crippen LogP contribution >= 0.6 is 0 Å². The van der Waals surface area contributed by atoms with Crippen LogP contribution in [-0.4, -0.2) is 18.0 Å². The molecule has 2 N–H and O–H groups in total. The second kappa shape index (κ2) is 7.49. The van der Waals surface area contributed by atoms with Gasteiger partial charge in [-0.1, -0.05) is 42.5 Å². The molecule has 1 unspecified atom stereocenters. The van der Waals surface area contributed by atoms with Crippen LogP contribution < -0.4 is 15.6 Å². The van der Waals surface area contributed by atoms with E-state index in [-0.39, 0.29) is 17.5 Å². The van der Waals surface area contributed by atoms with Gasteiger partial charge in [-0.05, 0) is 29.3 Å². The Balaban J connectivity index is 1.92. The number of aromatic nitrogens is 1. The van der Waals surface area contributed by atoms with Gasteiger partial charge in [-0.25, -0.2) is 0 Å². The molecule has 25 heavy (non-hydrogen) atoms. The first kappa shape index (κ1) is 16.5. The highest BCUT2D eigenvalue weighted by Gasteiger charge is 2.18. The van der Waals surface area contributed by atoms with Crippen LogP contribution in [0.4, 0.5) is 0 Å². The van der Waals surface area contributed by atoms with E-state index in [0.717, 1.165) is 16.9 Å². The number of amides is 1. The van der Waals surface area contributed by atoms with E-state index in [2.05, 4.69) is 10.3 Å². The van der Waals surface area contributed by atoms with Crippen LogP contribution in [0.15, 0.2) is 77.7 Å². The minimum absolute atomic E-state index is 0.244. The fraction of sp³-hybridized carbons (Fsp3) is 0.100. The second-order valence-corrected chi connectivity index (χ2v) is 5.53. The number of hydrogen-bond donors (Lipinski definition) is 2. The lowest BCUT2D eigenvalue weighted by Gasteiger charge is -2.20. The first-order valence-electron chi connectivity index (χ1n) is 7.86. The van der Waals surface area contributed by atoms with Crippen molar-refractivity contribution in [1.82, 2.24) is 10.3 Å². The molecule has 2 aromatic carbocycles. The molecule has 0 radical (unpaired) electrons. The van der Waals surface area contributed by atoms with Crippen LogP contribution in [0.2, 0.25) is 0 Å². The zero-order chi connectivity index (χ0) is 17.6. The number of aromatic amines is 1. The molecule has 0 spiro atoms. The summed E-state index contributed by atoms with van der Waals surface area (Å²) in [5.41, 5.74) is 2.05. The first-order chi connectivity index (χ1) is 12.2. The van der Waals surface area contributed by atoms with E-state index >= 15 is 0 Å². The lowest BCUT2D eigenvalue weighted by Crippen LogP contribution is -2.29. The number of hydrogen-bond acceptors (Lipinski definition) is 3. The van der Waals surface area contributed by atoms with Crippen LogP contribution in [0, 0.1) is 0 Å². The summed E-state index contributed by atoms with van der Waals surface area (Å²) >= 11 is 0. The van der Waals surface area contributed by atoms with Gasteiger partial charge in [0.25, 0.3) is 5.91 Å². The van der Waals surface area contributed by atoms with E-state index in [0.29, 0.717) is 5.56 Å². The zero-order valence-electron chi connectivity index (χ0n) is 13.7. The van der Waals surface area contributed by atoms with E-state index in [1.54, 1.807) is 7.11 Å². The molecular formula is C20H18N2O3. The van der Waals surface area contributed by atoms with E-state index in [4.69, 9.17) is 4.74 Å². The van der Waals surface area contributed by atoms with Crippen molar-refractivity contribution in [3.05, 3.63) is 100.0 Å². The number of rotatable bonds is 5. The molecule has 5 heteroatoms. The highest BCUT2D eigenvalue weighted by atomic mass is 16.5. The first-order valence-corrected chi connectivity index (χ1v) is 7.86. The quantitative estimate of drug-likeness (QED) is 0.754. The molecule has 5 nitrogen and oxygen atoms in total. The molecule has 3 rings (SSSR count). The Morgan fingerprint density at radius 2 is 1.64 bits per heavy atom. The lowest BCUT2D eigenvalue weighted by atomic mass is 9.98. The number of pyridine rings is 1. The molecule has 0 saturated carbocycles. The van der Waals surface area contributed by atoms with Gasteiger partial charge in [0.05, 0.1) is 18.7 Å². The van der Waals surface area contributed by atoms with Crippen molar-refractivity contribution < 1.29 is 9.53 Å². The summed E-state index contributed by atoms with van der Waals surface area (Å²) in [6.07, 6.45) is 1.41. The van der Waals surface area contributed by atoms with E-state index in [1.165, 1.54) is 18.3 Å². The van der Waals surface area contributed by atoms with Crippen LogP contribution in [0.3, 0.4) is 0 Å². The highest BCUT2D eigenvalue weighted by molar-refractivity contribution is 5.94. The third kappa shape index (κ3) is 3.95. The topological polar surface area (TPSA) is 71.2 Å². The number of carbonyl (C=O) groups is 1. The molecule has 0 aliphatic carbocycles. The predicted octanol–water partition coefficient (Wildman–Crippen LogP) is 2.90. The van der Waals surface area contributed by atoms with Gasteiger partial charge >= 0.3 is 0 Å². The molecule has 0 bridgehead atoms. The van der Waals surface area contributed by atoms with Gasteiger partial charge in [-0.2, -0.15) is 0 Å². The van der Waals surface area contributed by atoms with Gasteiger partial charge < -0.3 is 15.0 Å². The predicted molar refractivity (Wildman–Crippen MR) is 95.8 cm³/mol. The SMILES string of the molecule is COc1ccc(C(NC(=O)c2ccc(=O)[nH]c2)c2ccccc2)cc1. The van der Waals surface area contributed by atoms with Crippen molar-refractivity contribution in [3.63, 3.8) is 0 Å². The molecule has 1 aromatic heterocycles. The number of nitrogens with one attached hydrogen (secondary N) is 2. The van der Waals surface area contributed by atoms with E-state index in [1.807, 2.05) is 54.6 Å². The van der Waals surface area contributed by atoms with Crippen molar-refractivity contribution >= 4 is 5.91 Å². The standard InChI is InChI=1S/C20H18N2O3/c1-25-17-10-7-15(8-11-17)19(14-5-3-2-4-6-14)22-20(24)16-9-12-18(23)21-13-16/h2-13,19H,1H3,(H,21,23)(H,22,24). The third-order valence-corrected chi connectivity index (χ3v) is 3.90. The summed E-state index contributed by atoms with van der Waals surface area (Å²) in [4.78, 5) is 26.3. The van der Waals surface area contributed by atoms with Gasteiger partial charge in [-0.3, -0.25) is 9.59 Å². The molecule has 126 valence electrons. The fourth-order valence-corrected chi connectivity index (χ4v) is 2.57. The minimum atomic E-state index is -0.313. The van der Waals surface area contributed by atoms with Gasteiger partial charge in [-0.15, -0.1) is 0 Å². The summed E-state index contributed by atoms with van der Waals surface area (Å²) in [6, 6.07) is 19.8. The Kier molecular flexibility index (Phi) is 4.95. The number of methoxy groups -OCH3 is 1. The molecule has 0 saturated heterocycles. The Morgan fingerprint density at radius 3 is 2.24 bits per heavy atom. The molecule has 0 fully saturated rings. The van der Waals surface area contributed by atoms with Crippen molar-refractivity contribution in [2.24, 2.45) is 0 Å². The largest absolute Gasteiger partial charge is 0.497 e. The van der Waals surface area contributed by atoms with E-state index in [9.17, 15) is 9.59 Å². The number of benzene rings is 2. The lowest BCUT2D eigenvalue weighted by molar-refractivity contribution is 0.0942. The summed E-state index contributed by atoms with van der Waals surface area (Å²) in [6.45, 7) is 0. The molecular weight excluding hydrogens is 316 g/mol. The van der Waals surface area contributed by atoms with Crippen molar-refractivity contribution in [3.8, 4) is 5.75 Å². The maximum absolute atomic E-state index is 12.6. The maximum Gasteiger partial charge on any atom is 0.253 e. The molecule has 0 aliphatic rings. The van der Waals surface area contributed by atoms with Crippen LogP contribution in [0.1, 0.15) is 27.5 Å². The summed E-state index contributed by atoms with van der Waals surface area (Å²) in [7, 11) is 1.61. The van der Waals surface area contributed by atoms with Gasteiger partial charge in [0, 0.05) is 12.3 Å². The average Bonchev–Trinajstić information content (AvgIpc) is 2.67. The summed E-state index contributed by atoms with van der Waals surface area (Å²) in [5.74, 6) is 0.489.